The van der Waals surface area contributed by atoms with E-state index in [1.54, 1.807) is 24.3 Å². The minimum Gasteiger partial charge on any atom is -0.409 e. The Balaban J connectivity index is 2.39. The third kappa shape index (κ3) is 4.50. The lowest BCUT2D eigenvalue weighted by Gasteiger charge is -2.16. The summed E-state index contributed by atoms with van der Waals surface area (Å²) in [5, 5.41) is 11.1. The van der Waals surface area contributed by atoms with Gasteiger partial charge in [-0.05, 0) is 24.1 Å². The molecule has 92 valence electrons. The second-order valence-corrected chi connectivity index (χ2v) is 3.69. The van der Waals surface area contributed by atoms with Crippen molar-refractivity contribution in [1.29, 1.82) is 0 Å². The molecule has 0 aliphatic rings. The Labute approximate surface area is 99.7 Å². The van der Waals surface area contributed by atoms with Crippen LogP contribution in [0.15, 0.2) is 29.7 Å². The number of hydrogen-bond donors (Lipinski definition) is 2. The largest absolute Gasteiger partial charge is 0.409 e. The summed E-state index contributed by atoms with van der Waals surface area (Å²) in [7, 11) is 1.69. The van der Waals surface area contributed by atoms with Crippen LogP contribution in [0.2, 0.25) is 0 Å². The summed E-state index contributed by atoms with van der Waals surface area (Å²) in [6, 6.07) is 3.81. The van der Waals surface area contributed by atoms with Gasteiger partial charge in [-0.3, -0.25) is 9.78 Å². The average Bonchev–Trinajstić information content (AvgIpc) is 2.36. The van der Waals surface area contributed by atoms with Crippen molar-refractivity contribution in [3.05, 3.63) is 30.1 Å². The molecule has 0 bridgehead atoms. The number of hydrogen-bond acceptors (Lipinski definition) is 4. The first kappa shape index (κ1) is 13.0. The third-order valence-corrected chi connectivity index (χ3v) is 2.37. The molecule has 1 heterocycles. The molecule has 0 saturated carbocycles. The van der Waals surface area contributed by atoms with Crippen LogP contribution < -0.4 is 5.73 Å². The molecule has 0 aromatic carbocycles. The molecule has 0 unspecified atom stereocenters. The SMILES string of the molecule is CN(CCc1ccncc1)C(=O)CC(N)=NO. The van der Waals surface area contributed by atoms with Gasteiger partial charge in [-0.25, -0.2) is 0 Å². The van der Waals surface area contributed by atoms with Crippen molar-refractivity contribution in [2.24, 2.45) is 10.9 Å². The Kier molecular flexibility index (Phi) is 4.93. The number of carbonyl (C=O) groups excluding carboxylic acids is 1. The fourth-order valence-electron chi connectivity index (χ4n) is 1.30. The molecule has 6 nitrogen and oxygen atoms in total. The maximum Gasteiger partial charge on any atom is 0.230 e. The van der Waals surface area contributed by atoms with Crippen LogP contribution in [-0.4, -0.2) is 40.4 Å². The molecule has 0 aliphatic heterocycles. The number of carbonyl (C=O) groups is 1. The van der Waals surface area contributed by atoms with E-state index >= 15 is 0 Å². The fourth-order valence-corrected chi connectivity index (χ4v) is 1.30. The zero-order valence-corrected chi connectivity index (χ0v) is 9.71. The van der Waals surface area contributed by atoms with Crippen molar-refractivity contribution in [3.8, 4) is 0 Å². The predicted molar refractivity (Wildman–Crippen MR) is 63.6 cm³/mol. The van der Waals surface area contributed by atoms with Crippen LogP contribution in [0.3, 0.4) is 0 Å². The van der Waals surface area contributed by atoms with E-state index in [2.05, 4.69) is 10.1 Å². The highest BCUT2D eigenvalue weighted by Gasteiger charge is 2.10. The topological polar surface area (TPSA) is 91.8 Å². The van der Waals surface area contributed by atoms with E-state index in [0.717, 1.165) is 12.0 Å². The Morgan fingerprint density at radius 2 is 2.18 bits per heavy atom. The standard InChI is InChI=1S/C11H16N4O2/c1-15(11(16)8-10(12)14-17)7-4-9-2-5-13-6-3-9/h2-3,5-6,17H,4,7-8H2,1H3,(H2,12,14). The molecule has 0 aliphatic carbocycles. The van der Waals surface area contributed by atoms with Gasteiger partial charge in [0.05, 0.1) is 6.42 Å². The van der Waals surface area contributed by atoms with Gasteiger partial charge in [0.25, 0.3) is 0 Å². The lowest BCUT2D eigenvalue weighted by atomic mass is 10.2. The predicted octanol–water partition coefficient (Wildman–Crippen LogP) is 0.219. The summed E-state index contributed by atoms with van der Waals surface area (Å²) in [5.74, 6) is -0.250. The molecular formula is C11H16N4O2. The Bertz CT molecular complexity index is 392. The monoisotopic (exact) mass is 236 g/mol. The molecule has 17 heavy (non-hydrogen) atoms. The van der Waals surface area contributed by atoms with Gasteiger partial charge in [0.2, 0.25) is 5.91 Å². The Morgan fingerprint density at radius 3 is 2.76 bits per heavy atom. The van der Waals surface area contributed by atoms with Gasteiger partial charge >= 0.3 is 0 Å². The van der Waals surface area contributed by atoms with E-state index in [4.69, 9.17) is 10.9 Å². The first-order valence-corrected chi connectivity index (χ1v) is 5.22. The van der Waals surface area contributed by atoms with Crippen molar-refractivity contribution >= 4 is 11.7 Å². The van der Waals surface area contributed by atoms with Gasteiger partial charge in [-0.15, -0.1) is 0 Å². The van der Waals surface area contributed by atoms with Crippen LogP contribution >= 0.6 is 0 Å². The van der Waals surface area contributed by atoms with Crippen molar-refractivity contribution in [2.45, 2.75) is 12.8 Å². The maximum absolute atomic E-state index is 11.6. The van der Waals surface area contributed by atoms with Gasteiger partial charge in [-0.2, -0.15) is 0 Å². The van der Waals surface area contributed by atoms with E-state index in [1.165, 1.54) is 0 Å². The van der Waals surface area contributed by atoms with Gasteiger partial charge in [-0.1, -0.05) is 5.16 Å². The number of likely N-dealkylation sites (N-methyl/N-ethyl adjacent to an activating group) is 1. The summed E-state index contributed by atoms with van der Waals surface area (Å²) < 4.78 is 0. The number of nitrogens with zero attached hydrogens (tertiary/aromatic N) is 3. The summed E-state index contributed by atoms with van der Waals surface area (Å²) in [6.07, 6.45) is 4.12. The van der Waals surface area contributed by atoms with E-state index < -0.39 is 0 Å². The number of nitrogens with two attached hydrogens (primary N) is 1. The van der Waals surface area contributed by atoms with Crippen molar-refractivity contribution in [3.63, 3.8) is 0 Å². The third-order valence-electron chi connectivity index (χ3n) is 2.37. The average molecular weight is 236 g/mol. The van der Waals surface area contributed by atoms with E-state index in [0.29, 0.717) is 6.54 Å². The number of rotatable bonds is 5. The summed E-state index contributed by atoms with van der Waals surface area (Å²) >= 11 is 0. The lowest BCUT2D eigenvalue weighted by Crippen LogP contribution is -2.32. The minimum absolute atomic E-state index is 0.0661. The molecule has 0 atom stereocenters. The van der Waals surface area contributed by atoms with Crippen LogP contribution in [0.5, 0.6) is 0 Å². The van der Waals surface area contributed by atoms with E-state index in [-0.39, 0.29) is 18.2 Å². The summed E-state index contributed by atoms with van der Waals surface area (Å²) in [4.78, 5) is 17.0. The quantitative estimate of drug-likeness (QED) is 0.331. The van der Waals surface area contributed by atoms with E-state index in [1.807, 2.05) is 12.1 Å². The van der Waals surface area contributed by atoms with Crippen LogP contribution in [0.25, 0.3) is 0 Å². The van der Waals surface area contributed by atoms with Crippen LogP contribution in [0.4, 0.5) is 0 Å². The highest BCUT2D eigenvalue weighted by molar-refractivity contribution is 5.98. The van der Waals surface area contributed by atoms with Crippen molar-refractivity contribution < 1.29 is 10.0 Å². The summed E-state index contributed by atoms with van der Waals surface area (Å²) in [5.41, 5.74) is 6.38. The van der Waals surface area contributed by atoms with E-state index in [9.17, 15) is 4.79 Å². The highest BCUT2D eigenvalue weighted by Crippen LogP contribution is 2.00. The van der Waals surface area contributed by atoms with Gasteiger partial charge < -0.3 is 15.8 Å². The Morgan fingerprint density at radius 1 is 1.53 bits per heavy atom. The van der Waals surface area contributed by atoms with Crippen LogP contribution in [0.1, 0.15) is 12.0 Å². The first-order chi connectivity index (χ1) is 8.13. The van der Waals surface area contributed by atoms with Gasteiger partial charge in [0, 0.05) is 26.0 Å². The molecule has 6 heteroatoms. The van der Waals surface area contributed by atoms with Gasteiger partial charge in [0.15, 0.2) is 0 Å². The van der Waals surface area contributed by atoms with Crippen LogP contribution in [-0.2, 0) is 11.2 Å². The lowest BCUT2D eigenvalue weighted by molar-refractivity contribution is -0.128. The molecule has 0 fully saturated rings. The maximum atomic E-state index is 11.6. The number of amides is 1. The van der Waals surface area contributed by atoms with Crippen LogP contribution in [0, 0.1) is 0 Å². The zero-order valence-electron chi connectivity index (χ0n) is 9.71. The van der Waals surface area contributed by atoms with Gasteiger partial charge in [0.1, 0.15) is 5.84 Å². The smallest absolute Gasteiger partial charge is 0.230 e. The van der Waals surface area contributed by atoms with Crippen molar-refractivity contribution in [1.82, 2.24) is 9.88 Å². The molecule has 0 saturated heterocycles. The number of aromatic nitrogens is 1. The first-order valence-electron chi connectivity index (χ1n) is 5.22. The normalized spacial score (nSPS) is 11.2. The fraction of sp³-hybridized carbons (Fsp3) is 0.364. The minimum atomic E-state index is -0.172. The number of oxime groups is 1. The summed E-state index contributed by atoms with van der Waals surface area (Å²) in [6.45, 7) is 0.585. The molecule has 1 aromatic rings. The molecular weight excluding hydrogens is 220 g/mol. The second-order valence-electron chi connectivity index (χ2n) is 3.69. The number of pyridine rings is 1. The molecule has 3 N–H and O–H groups in total. The molecule has 0 spiro atoms. The molecule has 1 rings (SSSR count). The molecule has 1 amide bonds. The zero-order chi connectivity index (χ0) is 12.7. The molecule has 1 aromatic heterocycles. The van der Waals surface area contributed by atoms with Crippen molar-refractivity contribution in [2.75, 3.05) is 13.6 Å². The molecule has 0 radical (unpaired) electrons. The second kappa shape index (κ2) is 6.47. The Hall–Kier alpha value is -2.11. The highest BCUT2D eigenvalue weighted by atomic mass is 16.4. The number of amidine groups is 1.